The van der Waals surface area contributed by atoms with Crippen LogP contribution in [0.15, 0.2) is 0 Å². The molecule has 0 aliphatic heterocycles. The van der Waals surface area contributed by atoms with Crippen molar-refractivity contribution in [3.8, 4) is 0 Å². The van der Waals surface area contributed by atoms with Crippen LogP contribution >= 0.6 is 0 Å². The molecule has 0 unspecified atom stereocenters. The lowest BCUT2D eigenvalue weighted by Crippen LogP contribution is -2.42. The Balaban J connectivity index is 2.23. The fourth-order valence-electron chi connectivity index (χ4n) is 2.49. The molecule has 2 nitrogen and oxygen atoms in total. The molecule has 0 radical (unpaired) electrons. The van der Waals surface area contributed by atoms with Crippen molar-refractivity contribution in [1.29, 1.82) is 0 Å². The maximum Gasteiger partial charge on any atom is 0.0750 e. The van der Waals surface area contributed by atoms with Gasteiger partial charge in [-0.1, -0.05) is 32.1 Å². The Labute approximate surface area is 101 Å². The number of ether oxygens (including phenoxy) is 1. The molecule has 0 amide bonds. The maximum absolute atomic E-state index is 5.71. The summed E-state index contributed by atoms with van der Waals surface area (Å²) < 4.78 is 5.71. The summed E-state index contributed by atoms with van der Waals surface area (Å²) in [6, 6.07) is 0.722. The van der Waals surface area contributed by atoms with Gasteiger partial charge in [-0.15, -0.1) is 0 Å². The van der Waals surface area contributed by atoms with Gasteiger partial charge in [-0.3, -0.25) is 0 Å². The van der Waals surface area contributed by atoms with Crippen molar-refractivity contribution in [2.24, 2.45) is 0 Å². The molecule has 2 heteroatoms. The van der Waals surface area contributed by atoms with Crippen LogP contribution in [0.25, 0.3) is 0 Å². The third-order valence-corrected chi connectivity index (χ3v) is 3.46. The van der Waals surface area contributed by atoms with Gasteiger partial charge >= 0.3 is 0 Å². The van der Waals surface area contributed by atoms with Gasteiger partial charge in [0.05, 0.1) is 5.60 Å². The van der Waals surface area contributed by atoms with E-state index in [9.17, 15) is 0 Å². The Morgan fingerprint density at radius 3 is 2.19 bits per heavy atom. The van der Waals surface area contributed by atoms with E-state index in [1.54, 1.807) is 0 Å². The van der Waals surface area contributed by atoms with E-state index in [4.69, 9.17) is 4.74 Å². The first-order valence-corrected chi connectivity index (χ1v) is 7.01. The van der Waals surface area contributed by atoms with Gasteiger partial charge in [-0.2, -0.15) is 0 Å². The highest BCUT2D eigenvalue weighted by Gasteiger charge is 2.19. The van der Waals surface area contributed by atoms with E-state index in [1.165, 1.54) is 44.9 Å². The molecule has 96 valence electrons. The molecule has 1 fully saturated rings. The standard InChI is InChI=1S/C14H29NO/c1-4-16-14(2,3)12-15-13-10-8-6-5-7-9-11-13/h13,15H,4-12H2,1-3H3. The fourth-order valence-corrected chi connectivity index (χ4v) is 2.49. The minimum Gasteiger partial charge on any atom is -0.375 e. The van der Waals surface area contributed by atoms with E-state index >= 15 is 0 Å². The molecule has 1 aliphatic rings. The van der Waals surface area contributed by atoms with Crippen LogP contribution in [0.4, 0.5) is 0 Å². The third kappa shape index (κ3) is 5.86. The molecule has 1 aliphatic carbocycles. The summed E-state index contributed by atoms with van der Waals surface area (Å²) in [5.41, 5.74) is -0.0167. The highest BCUT2D eigenvalue weighted by Crippen LogP contribution is 2.18. The van der Waals surface area contributed by atoms with Gasteiger partial charge < -0.3 is 10.1 Å². The minimum atomic E-state index is -0.0167. The largest absolute Gasteiger partial charge is 0.375 e. The van der Waals surface area contributed by atoms with Gasteiger partial charge in [-0.05, 0) is 33.6 Å². The van der Waals surface area contributed by atoms with Crippen molar-refractivity contribution in [2.45, 2.75) is 77.4 Å². The van der Waals surface area contributed by atoms with Crippen LogP contribution in [0.3, 0.4) is 0 Å². The molecule has 1 N–H and O–H groups in total. The first-order valence-electron chi connectivity index (χ1n) is 7.01. The second-order valence-electron chi connectivity index (χ2n) is 5.62. The Morgan fingerprint density at radius 1 is 1.06 bits per heavy atom. The number of rotatable bonds is 5. The van der Waals surface area contributed by atoms with Gasteiger partial charge in [0.1, 0.15) is 0 Å². The molecule has 0 bridgehead atoms. The van der Waals surface area contributed by atoms with Crippen molar-refractivity contribution >= 4 is 0 Å². The first-order chi connectivity index (χ1) is 7.64. The molecule has 1 rings (SSSR count). The van der Waals surface area contributed by atoms with Crippen LogP contribution in [0.1, 0.15) is 65.7 Å². The van der Waals surface area contributed by atoms with E-state index in [0.717, 1.165) is 19.2 Å². The molecule has 0 aromatic carbocycles. The molecular weight excluding hydrogens is 198 g/mol. The average molecular weight is 227 g/mol. The van der Waals surface area contributed by atoms with Crippen LogP contribution in [0.2, 0.25) is 0 Å². The number of nitrogens with one attached hydrogen (secondary N) is 1. The predicted octanol–water partition coefficient (Wildman–Crippen LogP) is 3.50. The quantitative estimate of drug-likeness (QED) is 0.776. The number of hydrogen-bond donors (Lipinski definition) is 1. The molecule has 0 spiro atoms. The average Bonchev–Trinajstić information content (AvgIpc) is 2.15. The molecule has 0 aromatic rings. The van der Waals surface area contributed by atoms with Crippen LogP contribution in [0, 0.1) is 0 Å². The lowest BCUT2D eigenvalue weighted by molar-refractivity contribution is -0.0111. The molecule has 0 atom stereocenters. The summed E-state index contributed by atoms with van der Waals surface area (Å²) >= 11 is 0. The molecule has 0 aromatic heterocycles. The van der Waals surface area contributed by atoms with Crippen LogP contribution < -0.4 is 5.32 Å². The van der Waals surface area contributed by atoms with E-state index in [2.05, 4.69) is 26.1 Å². The van der Waals surface area contributed by atoms with E-state index in [-0.39, 0.29) is 5.60 Å². The Kier molecular flexibility index (Phi) is 6.37. The topological polar surface area (TPSA) is 21.3 Å². The predicted molar refractivity (Wildman–Crippen MR) is 69.8 cm³/mol. The maximum atomic E-state index is 5.71. The summed E-state index contributed by atoms with van der Waals surface area (Å²) in [5, 5.41) is 3.69. The molecule has 0 saturated heterocycles. The minimum absolute atomic E-state index is 0.0167. The fraction of sp³-hybridized carbons (Fsp3) is 1.00. The van der Waals surface area contributed by atoms with Gasteiger partial charge in [0.15, 0.2) is 0 Å². The van der Waals surface area contributed by atoms with Crippen molar-refractivity contribution in [3.05, 3.63) is 0 Å². The first kappa shape index (κ1) is 14.0. The molecule has 0 heterocycles. The summed E-state index contributed by atoms with van der Waals surface area (Å²) in [6.07, 6.45) is 9.78. The van der Waals surface area contributed by atoms with E-state index in [0.29, 0.717) is 0 Å². The SMILES string of the molecule is CCOC(C)(C)CNC1CCCCCCC1. The van der Waals surface area contributed by atoms with E-state index < -0.39 is 0 Å². The zero-order valence-corrected chi connectivity index (χ0v) is 11.3. The molecular formula is C14H29NO. The second-order valence-corrected chi connectivity index (χ2v) is 5.62. The summed E-state index contributed by atoms with van der Waals surface area (Å²) in [6.45, 7) is 8.20. The van der Waals surface area contributed by atoms with Crippen molar-refractivity contribution in [3.63, 3.8) is 0 Å². The second kappa shape index (κ2) is 7.29. The normalized spacial score (nSPS) is 20.4. The lowest BCUT2D eigenvalue weighted by atomic mass is 9.96. The van der Waals surface area contributed by atoms with E-state index in [1.807, 2.05) is 0 Å². The molecule has 1 saturated carbocycles. The van der Waals surface area contributed by atoms with Crippen LogP contribution in [-0.2, 0) is 4.74 Å². The summed E-state index contributed by atoms with van der Waals surface area (Å²) in [4.78, 5) is 0. The lowest BCUT2D eigenvalue weighted by Gasteiger charge is -2.29. The Bertz CT molecular complexity index is 172. The smallest absolute Gasteiger partial charge is 0.0750 e. The third-order valence-electron chi connectivity index (χ3n) is 3.46. The zero-order chi connectivity index (χ0) is 11.9. The van der Waals surface area contributed by atoms with Gasteiger partial charge in [-0.25, -0.2) is 0 Å². The molecule has 16 heavy (non-hydrogen) atoms. The zero-order valence-electron chi connectivity index (χ0n) is 11.3. The van der Waals surface area contributed by atoms with Gasteiger partial charge in [0.2, 0.25) is 0 Å². The van der Waals surface area contributed by atoms with Crippen LogP contribution in [-0.4, -0.2) is 24.8 Å². The number of hydrogen-bond acceptors (Lipinski definition) is 2. The summed E-state index contributed by atoms with van der Waals surface area (Å²) in [7, 11) is 0. The highest BCUT2D eigenvalue weighted by atomic mass is 16.5. The van der Waals surface area contributed by atoms with Crippen molar-refractivity contribution < 1.29 is 4.74 Å². The summed E-state index contributed by atoms with van der Waals surface area (Å²) in [5.74, 6) is 0. The Hall–Kier alpha value is -0.0800. The van der Waals surface area contributed by atoms with Crippen molar-refractivity contribution in [2.75, 3.05) is 13.2 Å². The Morgan fingerprint density at radius 2 is 1.62 bits per heavy atom. The monoisotopic (exact) mass is 227 g/mol. The van der Waals surface area contributed by atoms with Gasteiger partial charge in [0, 0.05) is 19.2 Å². The van der Waals surface area contributed by atoms with Crippen LogP contribution in [0.5, 0.6) is 0 Å². The van der Waals surface area contributed by atoms with Gasteiger partial charge in [0.25, 0.3) is 0 Å². The highest BCUT2D eigenvalue weighted by molar-refractivity contribution is 4.77. The van der Waals surface area contributed by atoms with Crippen molar-refractivity contribution in [1.82, 2.24) is 5.32 Å².